The molecule has 3 nitrogen and oxygen atoms in total. The summed E-state index contributed by atoms with van der Waals surface area (Å²) in [7, 11) is 0. The van der Waals surface area contributed by atoms with Crippen molar-refractivity contribution in [2.45, 2.75) is 18.9 Å². The van der Waals surface area contributed by atoms with Gasteiger partial charge in [0.2, 0.25) is 0 Å². The first-order valence-electron chi connectivity index (χ1n) is 4.35. The predicted octanol–water partition coefficient (Wildman–Crippen LogP) is 2.38. The Morgan fingerprint density at radius 2 is 2.20 bits per heavy atom. The summed E-state index contributed by atoms with van der Waals surface area (Å²) in [6.07, 6.45) is -1.34. The van der Waals surface area contributed by atoms with Crippen molar-refractivity contribution in [2.24, 2.45) is 0 Å². The molecule has 82 valence electrons. The highest BCUT2D eigenvalue weighted by molar-refractivity contribution is 6.30. The molecule has 0 heterocycles. The molecular formula is C10H10ClFO3. The maximum atomic E-state index is 13.2. The van der Waals surface area contributed by atoms with E-state index >= 15 is 0 Å². The molecule has 1 atom stereocenters. The van der Waals surface area contributed by atoms with E-state index in [4.69, 9.17) is 16.7 Å². The molecule has 15 heavy (non-hydrogen) atoms. The molecule has 0 radical (unpaired) electrons. The van der Waals surface area contributed by atoms with Gasteiger partial charge in [-0.25, -0.2) is 4.39 Å². The average molecular weight is 233 g/mol. The van der Waals surface area contributed by atoms with Gasteiger partial charge in [-0.05, 0) is 18.6 Å². The van der Waals surface area contributed by atoms with Crippen molar-refractivity contribution >= 4 is 17.6 Å². The van der Waals surface area contributed by atoms with Crippen LogP contribution in [0.25, 0.3) is 0 Å². The van der Waals surface area contributed by atoms with Crippen molar-refractivity contribution in [3.8, 4) is 0 Å². The Morgan fingerprint density at radius 1 is 1.53 bits per heavy atom. The molecule has 0 saturated carbocycles. The summed E-state index contributed by atoms with van der Waals surface area (Å²) >= 11 is 5.53. The normalized spacial score (nSPS) is 12.5. The zero-order chi connectivity index (χ0) is 11.4. The molecule has 1 aromatic rings. The summed E-state index contributed by atoms with van der Waals surface area (Å²) in [4.78, 5) is 10.2. The van der Waals surface area contributed by atoms with Crippen LogP contribution in [0, 0.1) is 5.82 Å². The van der Waals surface area contributed by atoms with Crippen molar-refractivity contribution in [2.75, 3.05) is 0 Å². The van der Waals surface area contributed by atoms with Gasteiger partial charge in [0, 0.05) is 17.0 Å². The molecule has 0 bridgehead atoms. The lowest BCUT2D eigenvalue weighted by molar-refractivity contribution is -0.137. The molecule has 0 fully saturated rings. The number of aliphatic hydroxyl groups is 1. The van der Waals surface area contributed by atoms with E-state index in [2.05, 4.69) is 0 Å². The van der Waals surface area contributed by atoms with E-state index < -0.39 is 17.9 Å². The smallest absolute Gasteiger partial charge is 0.303 e. The lowest BCUT2D eigenvalue weighted by Gasteiger charge is -2.10. The largest absolute Gasteiger partial charge is 0.481 e. The van der Waals surface area contributed by atoms with E-state index in [1.165, 1.54) is 12.1 Å². The van der Waals surface area contributed by atoms with Gasteiger partial charge in [-0.15, -0.1) is 0 Å². The fourth-order valence-electron chi connectivity index (χ4n) is 1.19. The van der Waals surface area contributed by atoms with Crippen LogP contribution in [0.3, 0.4) is 0 Å². The number of carboxylic acid groups (broad SMARTS) is 1. The van der Waals surface area contributed by atoms with Crippen LogP contribution in [0.1, 0.15) is 24.5 Å². The van der Waals surface area contributed by atoms with Gasteiger partial charge in [-0.1, -0.05) is 17.7 Å². The van der Waals surface area contributed by atoms with E-state index in [9.17, 15) is 14.3 Å². The highest BCUT2D eigenvalue weighted by atomic mass is 35.5. The summed E-state index contributed by atoms with van der Waals surface area (Å²) in [5.74, 6) is -1.65. The third kappa shape index (κ3) is 3.49. The van der Waals surface area contributed by atoms with Gasteiger partial charge < -0.3 is 10.2 Å². The van der Waals surface area contributed by atoms with Gasteiger partial charge in [-0.2, -0.15) is 0 Å². The van der Waals surface area contributed by atoms with E-state index in [0.717, 1.165) is 6.07 Å². The molecule has 1 unspecified atom stereocenters. The maximum Gasteiger partial charge on any atom is 0.303 e. The first-order valence-corrected chi connectivity index (χ1v) is 4.73. The van der Waals surface area contributed by atoms with Crippen molar-refractivity contribution in [3.63, 3.8) is 0 Å². The van der Waals surface area contributed by atoms with Gasteiger partial charge >= 0.3 is 5.97 Å². The van der Waals surface area contributed by atoms with Crippen LogP contribution >= 0.6 is 11.6 Å². The monoisotopic (exact) mass is 232 g/mol. The standard InChI is InChI=1S/C10H10ClFO3/c11-6-1-2-7(8(12)5-6)9(13)3-4-10(14)15/h1-2,5,9,13H,3-4H2,(H,14,15). The minimum Gasteiger partial charge on any atom is -0.481 e. The Morgan fingerprint density at radius 3 is 2.73 bits per heavy atom. The lowest BCUT2D eigenvalue weighted by atomic mass is 10.0. The number of carboxylic acids is 1. The zero-order valence-corrected chi connectivity index (χ0v) is 8.54. The summed E-state index contributed by atoms with van der Waals surface area (Å²) in [5.41, 5.74) is 0.0700. The molecular weight excluding hydrogens is 223 g/mol. The Balaban J connectivity index is 2.73. The van der Waals surface area contributed by atoms with Gasteiger partial charge in [0.15, 0.2) is 0 Å². The van der Waals surface area contributed by atoms with E-state index in [1.54, 1.807) is 0 Å². The molecule has 0 spiro atoms. The van der Waals surface area contributed by atoms with Gasteiger partial charge in [0.05, 0.1) is 6.10 Å². The number of benzene rings is 1. The quantitative estimate of drug-likeness (QED) is 0.838. The van der Waals surface area contributed by atoms with E-state index in [1.807, 2.05) is 0 Å². The van der Waals surface area contributed by atoms with Crippen molar-refractivity contribution in [1.82, 2.24) is 0 Å². The van der Waals surface area contributed by atoms with Crippen LogP contribution in [0.4, 0.5) is 4.39 Å². The Kier molecular flexibility index (Phi) is 4.05. The number of rotatable bonds is 4. The number of aliphatic hydroxyl groups excluding tert-OH is 1. The van der Waals surface area contributed by atoms with Crippen molar-refractivity contribution in [3.05, 3.63) is 34.6 Å². The number of hydrogen-bond donors (Lipinski definition) is 2. The molecule has 0 saturated heterocycles. The highest BCUT2D eigenvalue weighted by Gasteiger charge is 2.14. The highest BCUT2D eigenvalue weighted by Crippen LogP contribution is 2.23. The van der Waals surface area contributed by atoms with Crippen LogP contribution in [0.5, 0.6) is 0 Å². The third-order valence-electron chi connectivity index (χ3n) is 1.95. The Labute approximate surface area is 91.1 Å². The molecule has 0 aromatic heterocycles. The van der Waals surface area contributed by atoms with Crippen LogP contribution < -0.4 is 0 Å². The van der Waals surface area contributed by atoms with Crippen molar-refractivity contribution < 1.29 is 19.4 Å². The van der Waals surface area contributed by atoms with Crippen LogP contribution in [0.2, 0.25) is 5.02 Å². The molecule has 0 aliphatic rings. The topological polar surface area (TPSA) is 57.5 Å². The Hall–Kier alpha value is -1.13. The summed E-state index contributed by atoms with van der Waals surface area (Å²) < 4.78 is 13.2. The molecule has 0 aliphatic heterocycles. The third-order valence-corrected chi connectivity index (χ3v) is 2.19. The zero-order valence-electron chi connectivity index (χ0n) is 7.78. The average Bonchev–Trinajstić information content (AvgIpc) is 2.14. The SMILES string of the molecule is O=C(O)CCC(O)c1ccc(Cl)cc1F. The fourth-order valence-corrected chi connectivity index (χ4v) is 1.35. The fraction of sp³-hybridized carbons (Fsp3) is 0.300. The van der Waals surface area contributed by atoms with Crippen molar-refractivity contribution in [1.29, 1.82) is 0 Å². The Bertz CT molecular complexity index is 368. The van der Waals surface area contributed by atoms with Gasteiger partial charge in [0.25, 0.3) is 0 Å². The molecule has 1 aromatic carbocycles. The molecule has 5 heteroatoms. The summed E-state index contributed by atoms with van der Waals surface area (Å²) in [6, 6.07) is 3.88. The number of carbonyl (C=O) groups is 1. The van der Waals surface area contributed by atoms with Gasteiger partial charge in [-0.3, -0.25) is 4.79 Å². The second-order valence-electron chi connectivity index (χ2n) is 3.11. The minimum absolute atomic E-state index is 0.0200. The summed E-state index contributed by atoms with van der Waals surface area (Å²) in [5, 5.41) is 18.1. The second kappa shape index (κ2) is 5.09. The van der Waals surface area contributed by atoms with E-state index in [-0.39, 0.29) is 23.4 Å². The maximum absolute atomic E-state index is 13.2. The second-order valence-corrected chi connectivity index (χ2v) is 3.55. The number of halogens is 2. The summed E-state index contributed by atoms with van der Waals surface area (Å²) in [6.45, 7) is 0. The minimum atomic E-state index is -1.11. The molecule has 2 N–H and O–H groups in total. The van der Waals surface area contributed by atoms with Crippen LogP contribution in [0.15, 0.2) is 18.2 Å². The lowest BCUT2D eigenvalue weighted by Crippen LogP contribution is -2.04. The first-order chi connectivity index (χ1) is 7.00. The predicted molar refractivity (Wildman–Crippen MR) is 53.2 cm³/mol. The van der Waals surface area contributed by atoms with E-state index in [0.29, 0.717) is 0 Å². The van der Waals surface area contributed by atoms with Crippen LogP contribution in [-0.4, -0.2) is 16.2 Å². The van der Waals surface area contributed by atoms with Gasteiger partial charge in [0.1, 0.15) is 5.82 Å². The number of hydrogen-bond acceptors (Lipinski definition) is 2. The molecule has 0 amide bonds. The van der Waals surface area contributed by atoms with Crippen LogP contribution in [-0.2, 0) is 4.79 Å². The molecule has 1 rings (SSSR count). The first kappa shape index (κ1) is 11.9. The molecule has 0 aliphatic carbocycles. The number of aliphatic carboxylic acids is 1.